The number of hydrogen-bond donors (Lipinski definition) is 1. The lowest BCUT2D eigenvalue weighted by Gasteiger charge is -2.07. The quantitative estimate of drug-likeness (QED) is 0.744. The third-order valence-electron chi connectivity index (χ3n) is 3.37. The van der Waals surface area contributed by atoms with Gasteiger partial charge in [0, 0.05) is 0 Å². The van der Waals surface area contributed by atoms with Gasteiger partial charge in [0.1, 0.15) is 10.7 Å². The Morgan fingerprint density at radius 2 is 1.45 bits per heavy atom. The maximum atomic E-state index is 10.7. The van der Waals surface area contributed by atoms with E-state index in [1.807, 2.05) is 42.5 Å². The lowest BCUT2D eigenvalue weighted by molar-refractivity contribution is 0.614. The number of thiol groups is 1. The molecule has 0 amide bonds. The topological polar surface area (TPSA) is 34.1 Å². The molecule has 0 aliphatic rings. The second-order valence-corrected chi connectivity index (χ2v) is 5.70. The van der Waals surface area contributed by atoms with E-state index in [1.54, 1.807) is 0 Å². The summed E-state index contributed by atoms with van der Waals surface area (Å²) in [5, 5.41) is 2.41. The molecule has 3 aromatic carbocycles. The molecule has 0 bridgehead atoms. The highest BCUT2D eigenvalue weighted by atomic mass is 32.2. The van der Waals surface area contributed by atoms with Gasteiger partial charge in [0.2, 0.25) is 0 Å². The molecular weight excluding hydrogens is 268 g/mol. The van der Waals surface area contributed by atoms with Crippen LogP contribution in [0.1, 0.15) is 5.56 Å². The molecule has 0 spiro atoms. The van der Waals surface area contributed by atoms with Crippen molar-refractivity contribution in [2.45, 2.75) is 5.75 Å². The maximum absolute atomic E-state index is 10.7. The summed E-state index contributed by atoms with van der Waals surface area (Å²) < 4.78 is 21.5. The van der Waals surface area contributed by atoms with Gasteiger partial charge in [-0.25, -0.2) is 8.42 Å². The van der Waals surface area contributed by atoms with Crippen molar-refractivity contribution in [1.82, 2.24) is 0 Å². The lowest BCUT2D eigenvalue weighted by Crippen LogP contribution is -1.87. The Hall–Kier alpha value is -2.13. The van der Waals surface area contributed by atoms with Gasteiger partial charge in [-0.1, -0.05) is 66.7 Å². The van der Waals surface area contributed by atoms with Crippen molar-refractivity contribution in [3.8, 4) is 11.1 Å². The smallest absolute Gasteiger partial charge is 0.144 e. The summed E-state index contributed by atoms with van der Waals surface area (Å²) in [6.45, 7) is 0. The van der Waals surface area contributed by atoms with Gasteiger partial charge in [-0.2, -0.15) is 0 Å². The molecule has 0 aromatic heterocycles. The van der Waals surface area contributed by atoms with Gasteiger partial charge in [0.05, 0.1) is 5.75 Å². The molecule has 3 heteroatoms. The highest BCUT2D eigenvalue weighted by Gasteiger charge is 2.03. The van der Waals surface area contributed by atoms with E-state index in [9.17, 15) is 8.42 Å². The first-order chi connectivity index (χ1) is 9.74. The van der Waals surface area contributed by atoms with Crippen LogP contribution in [0.4, 0.5) is 0 Å². The second kappa shape index (κ2) is 5.47. The monoisotopic (exact) mass is 282 g/mol. The van der Waals surface area contributed by atoms with Crippen LogP contribution in [0.15, 0.2) is 66.7 Å². The summed E-state index contributed by atoms with van der Waals surface area (Å²) in [6, 6.07) is 22.2. The Balaban J connectivity index is 2.07. The van der Waals surface area contributed by atoms with Crippen LogP contribution in [0.2, 0.25) is 0 Å². The lowest BCUT2D eigenvalue weighted by atomic mass is 9.98. The van der Waals surface area contributed by atoms with Crippen molar-refractivity contribution in [1.29, 1.82) is 0 Å². The summed E-state index contributed by atoms with van der Waals surface area (Å²) in [6.07, 6.45) is 0. The van der Waals surface area contributed by atoms with E-state index in [0.29, 0.717) is 0 Å². The summed E-state index contributed by atoms with van der Waals surface area (Å²) in [7, 11) is -2.37. The average molecular weight is 282 g/mol. The molecule has 3 aromatic rings. The number of fused-ring (bicyclic) bond motifs is 1. The molecule has 3 rings (SSSR count). The first-order valence-corrected chi connectivity index (χ1v) is 7.79. The van der Waals surface area contributed by atoms with Crippen LogP contribution in [0.5, 0.6) is 0 Å². The zero-order valence-corrected chi connectivity index (χ0v) is 11.7. The molecule has 0 unspecified atom stereocenters. The summed E-state index contributed by atoms with van der Waals surface area (Å²) in [5.41, 5.74) is 3.10. The number of benzene rings is 3. The highest BCUT2D eigenvalue weighted by Crippen LogP contribution is 2.28. The molecule has 0 radical (unpaired) electrons. The minimum Gasteiger partial charge on any atom is -0.232 e. The zero-order valence-electron chi connectivity index (χ0n) is 10.8. The van der Waals surface area contributed by atoms with Gasteiger partial charge < -0.3 is 0 Å². The van der Waals surface area contributed by atoms with Crippen LogP contribution in [-0.4, -0.2) is 8.42 Å². The van der Waals surface area contributed by atoms with Crippen LogP contribution in [0.25, 0.3) is 21.9 Å². The molecule has 0 saturated heterocycles. The maximum Gasteiger partial charge on any atom is 0.144 e. The van der Waals surface area contributed by atoms with Crippen LogP contribution in [0, 0.1) is 0 Å². The first kappa shape index (κ1) is 12.9. The van der Waals surface area contributed by atoms with Gasteiger partial charge in [-0.05, 0) is 27.5 Å². The molecule has 0 aliphatic heterocycles. The molecule has 2 nitrogen and oxygen atoms in total. The predicted molar refractivity (Wildman–Crippen MR) is 83.4 cm³/mol. The van der Waals surface area contributed by atoms with E-state index in [2.05, 4.69) is 24.3 Å². The van der Waals surface area contributed by atoms with E-state index >= 15 is 0 Å². The van der Waals surface area contributed by atoms with Crippen LogP contribution in [0.3, 0.4) is 0 Å². The van der Waals surface area contributed by atoms with Gasteiger partial charge in [-0.3, -0.25) is 0 Å². The molecule has 0 saturated carbocycles. The minimum atomic E-state index is -2.37. The minimum absolute atomic E-state index is 0.102. The molecule has 100 valence electrons. The van der Waals surface area contributed by atoms with Crippen molar-refractivity contribution in [3.05, 3.63) is 72.3 Å². The highest BCUT2D eigenvalue weighted by molar-refractivity contribution is 7.71. The predicted octanol–water partition coefficient (Wildman–Crippen LogP) is 3.62. The van der Waals surface area contributed by atoms with Crippen molar-refractivity contribution >= 4 is 21.5 Å². The Morgan fingerprint density at radius 1 is 0.750 bits per heavy atom. The Morgan fingerprint density at radius 3 is 2.20 bits per heavy atom. The Labute approximate surface area is 119 Å². The van der Waals surface area contributed by atoms with Gasteiger partial charge in [0.25, 0.3) is 0 Å². The fourth-order valence-corrected chi connectivity index (χ4v) is 2.92. The molecule has 20 heavy (non-hydrogen) atoms. The summed E-state index contributed by atoms with van der Waals surface area (Å²) in [4.78, 5) is 0. The fraction of sp³-hybridized carbons (Fsp3) is 0.0588. The van der Waals surface area contributed by atoms with E-state index in [1.165, 1.54) is 16.3 Å². The first-order valence-electron chi connectivity index (χ1n) is 6.43. The van der Waals surface area contributed by atoms with E-state index in [0.717, 1.165) is 11.1 Å². The standard InChI is InChI=1S/C17H14O2S/c18-20(19)12-13-8-10-15(11-9-13)17-7-3-5-14-4-1-2-6-16(14)17/h1-11,20H,12H2. The van der Waals surface area contributed by atoms with E-state index in [-0.39, 0.29) is 5.75 Å². The van der Waals surface area contributed by atoms with Crippen molar-refractivity contribution in [2.24, 2.45) is 0 Å². The average Bonchev–Trinajstić information content (AvgIpc) is 2.47. The largest absolute Gasteiger partial charge is 0.232 e. The Kier molecular flexibility index (Phi) is 3.52. The normalized spacial score (nSPS) is 11.1. The molecule has 0 N–H and O–H groups in total. The van der Waals surface area contributed by atoms with E-state index < -0.39 is 10.7 Å². The van der Waals surface area contributed by atoms with Crippen LogP contribution in [-0.2, 0) is 16.5 Å². The van der Waals surface area contributed by atoms with Crippen molar-refractivity contribution in [3.63, 3.8) is 0 Å². The molecule has 0 heterocycles. The molecular formula is C17H14O2S. The molecule has 0 aliphatic carbocycles. The fourth-order valence-electron chi connectivity index (χ4n) is 2.42. The van der Waals surface area contributed by atoms with Crippen molar-refractivity contribution in [2.75, 3.05) is 0 Å². The zero-order chi connectivity index (χ0) is 13.9. The molecule has 0 fully saturated rings. The van der Waals surface area contributed by atoms with Crippen molar-refractivity contribution < 1.29 is 8.42 Å². The Bertz CT molecular complexity index is 805. The van der Waals surface area contributed by atoms with E-state index in [4.69, 9.17) is 0 Å². The van der Waals surface area contributed by atoms with Gasteiger partial charge in [-0.15, -0.1) is 0 Å². The SMILES string of the molecule is O=[SH](=O)Cc1ccc(-c2cccc3ccccc23)cc1. The summed E-state index contributed by atoms with van der Waals surface area (Å²) in [5.74, 6) is 0.102. The number of rotatable bonds is 3. The third-order valence-corrected chi connectivity index (χ3v) is 3.99. The third kappa shape index (κ3) is 2.58. The number of hydrogen-bond acceptors (Lipinski definition) is 2. The van der Waals surface area contributed by atoms with Crippen LogP contribution >= 0.6 is 0 Å². The van der Waals surface area contributed by atoms with Gasteiger partial charge in [0.15, 0.2) is 0 Å². The molecule has 0 atom stereocenters. The summed E-state index contributed by atoms with van der Waals surface area (Å²) >= 11 is 0. The van der Waals surface area contributed by atoms with Crippen LogP contribution < -0.4 is 0 Å². The second-order valence-electron chi connectivity index (χ2n) is 4.71. The van der Waals surface area contributed by atoms with Gasteiger partial charge >= 0.3 is 0 Å².